The number of hydrogen-bond acceptors (Lipinski definition) is 4. The average molecular weight is 325 g/mol. The molecular formula is C15H23N3O3S. The third-order valence-electron chi connectivity index (χ3n) is 3.89. The maximum absolute atomic E-state index is 12.5. The van der Waals surface area contributed by atoms with E-state index in [1.165, 1.54) is 0 Å². The van der Waals surface area contributed by atoms with Gasteiger partial charge in [-0.1, -0.05) is 30.3 Å². The summed E-state index contributed by atoms with van der Waals surface area (Å²) in [4.78, 5) is 14.3. The Bertz CT molecular complexity index is 604. The summed E-state index contributed by atoms with van der Waals surface area (Å²) in [6, 6.07) is 8.62. The number of likely N-dealkylation sites (tertiary alicyclic amines) is 1. The van der Waals surface area contributed by atoms with Gasteiger partial charge in [0, 0.05) is 19.6 Å². The summed E-state index contributed by atoms with van der Waals surface area (Å²) in [5, 5.41) is 0. The minimum atomic E-state index is -3.20. The summed E-state index contributed by atoms with van der Waals surface area (Å²) >= 11 is 0. The molecule has 1 aromatic rings. The second kappa shape index (κ2) is 7.21. The summed E-state index contributed by atoms with van der Waals surface area (Å²) in [5.41, 5.74) is 6.85. The number of carbonyl (C=O) groups excluding carboxylic acids is 1. The number of rotatable bonds is 5. The van der Waals surface area contributed by atoms with Crippen molar-refractivity contribution in [3.05, 3.63) is 35.9 Å². The van der Waals surface area contributed by atoms with Gasteiger partial charge in [0.15, 0.2) is 0 Å². The summed E-state index contributed by atoms with van der Waals surface area (Å²) in [7, 11) is -3.20. The fourth-order valence-corrected chi connectivity index (χ4v) is 3.24. The average Bonchev–Trinajstić information content (AvgIpc) is 2.52. The number of benzene rings is 1. The molecule has 122 valence electrons. The number of carbonyl (C=O) groups is 1. The molecule has 0 radical (unpaired) electrons. The van der Waals surface area contributed by atoms with Gasteiger partial charge in [0.1, 0.15) is 6.04 Å². The van der Waals surface area contributed by atoms with Gasteiger partial charge in [0.25, 0.3) is 0 Å². The van der Waals surface area contributed by atoms with Crippen molar-refractivity contribution in [2.45, 2.75) is 18.9 Å². The molecule has 1 amide bonds. The Hall–Kier alpha value is -1.44. The highest BCUT2D eigenvalue weighted by molar-refractivity contribution is 7.88. The van der Waals surface area contributed by atoms with Crippen LogP contribution in [-0.2, 0) is 14.8 Å². The highest BCUT2D eigenvalue weighted by atomic mass is 32.2. The van der Waals surface area contributed by atoms with Crippen molar-refractivity contribution in [3.63, 3.8) is 0 Å². The Kier molecular flexibility index (Phi) is 5.55. The van der Waals surface area contributed by atoms with Gasteiger partial charge in [0.2, 0.25) is 15.9 Å². The Balaban J connectivity index is 1.95. The van der Waals surface area contributed by atoms with E-state index in [0.717, 1.165) is 24.7 Å². The van der Waals surface area contributed by atoms with Gasteiger partial charge in [-0.3, -0.25) is 4.79 Å². The van der Waals surface area contributed by atoms with Crippen LogP contribution in [0.5, 0.6) is 0 Å². The van der Waals surface area contributed by atoms with Crippen molar-refractivity contribution >= 4 is 15.9 Å². The zero-order chi connectivity index (χ0) is 16.2. The van der Waals surface area contributed by atoms with Gasteiger partial charge in [-0.2, -0.15) is 0 Å². The summed E-state index contributed by atoms with van der Waals surface area (Å²) in [5.74, 6) is 0.0330. The number of hydrogen-bond donors (Lipinski definition) is 2. The molecule has 2 rings (SSSR count). The fourth-order valence-electron chi connectivity index (χ4n) is 2.70. The van der Waals surface area contributed by atoms with Crippen LogP contribution in [-0.4, -0.2) is 45.1 Å². The summed E-state index contributed by atoms with van der Waals surface area (Å²) in [6.07, 6.45) is 2.92. The van der Waals surface area contributed by atoms with E-state index in [2.05, 4.69) is 4.72 Å². The molecule has 1 aromatic carbocycles. The first-order valence-electron chi connectivity index (χ1n) is 7.41. The Morgan fingerprint density at radius 1 is 1.41 bits per heavy atom. The highest BCUT2D eigenvalue weighted by Gasteiger charge is 2.28. The Labute approximate surface area is 131 Å². The van der Waals surface area contributed by atoms with Crippen LogP contribution >= 0.6 is 0 Å². The summed E-state index contributed by atoms with van der Waals surface area (Å²) < 4.78 is 24.9. The van der Waals surface area contributed by atoms with Crippen molar-refractivity contribution in [3.8, 4) is 0 Å². The lowest BCUT2D eigenvalue weighted by atomic mass is 9.97. The summed E-state index contributed by atoms with van der Waals surface area (Å²) in [6.45, 7) is 1.58. The van der Waals surface area contributed by atoms with Gasteiger partial charge in [0.05, 0.1) is 6.26 Å². The zero-order valence-electron chi connectivity index (χ0n) is 12.7. The van der Waals surface area contributed by atoms with Gasteiger partial charge in [-0.05, 0) is 24.3 Å². The number of nitrogens with zero attached hydrogens (tertiary/aromatic N) is 1. The molecule has 22 heavy (non-hydrogen) atoms. The first-order chi connectivity index (χ1) is 10.4. The molecule has 7 heteroatoms. The quantitative estimate of drug-likeness (QED) is 0.823. The molecule has 1 aliphatic heterocycles. The van der Waals surface area contributed by atoms with Gasteiger partial charge in [-0.25, -0.2) is 13.1 Å². The van der Waals surface area contributed by atoms with Crippen LogP contribution in [0.15, 0.2) is 30.3 Å². The topological polar surface area (TPSA) is 92.5 Å². The molecule has 3 N–H and O–H groups in total. The lowest BCUT2D eigenvalue weighted by molar-refractivity contribution is -0.134. The third-order valence-corrected chi connectivity index (χ3v) is 4.58. The molecule has 6 nitrogen and oxygen atoms in total. The molecule has 0 saturated carbocycles. The van der Waals surface area contributed by atoms with Crippen LogP contribution in [0.1, 0.15) is 24.4 Å². The van der Waals surface area contributed by atoms with E-state index in [1.807, 2.05) is 30.3 Å². The molecule has 1 heterocycles. The highest BCUT2D eigenvalue weighted by Crippen LogP contribution is 2.20. The second-order valence-corrected chi connectivity index (χ2v) is 7.63. The van der Waals surface area contributed by atoms with E-state index in [4.69, 9.17) is 5.73 Å². The number of nitrogens with two attached hydrogens (primary N) is 1. The van der Waals surface area contributed by atoms with Crippen LogP contribution in [0.2, 0.25) is 0 Å². The maximum Gasteiger partial charge on any atom is 0.244 e. The van der Waals surface area contributed by atoms with Gasteiger partial charge in [-0.15, -0.1) is 0 Å². The molecule has 2 atom stereocenters. The van der Waals surface area contributed by atoms with Crippen LogP contribution < -0.4 is 10.5 Å². The monoisotopic (exact) mass is 325 g/mol. The lowest BCUT2D eigenvalue weighted by Crippen LogP contribution is -2.46. The van der Waals surface area contributed by atoms with Crippen LogP contribution in [0, 0.1) is 5.92 Å². The predicted molar refractivity (Wildman–Crippen MR) is 85.5 cm³/mol. The van der Waals surface area contributed by atoms with Crippen molar-refractivity contribution in [2.24, 2.45) is 11.7 Å². The normalized spacial score (nSPS) is 20.6. The SMILES string of the molecule is CS(=O)(=O)NCC1CCCN(C(=O)C(N)c2ccccc2)C1. The van der Waals surface area contributed by atoms with Crippen molar-refractivity contribution in [1.82, 2.24) is 9.62 Å². The third kappa shape index (κ3) is 4.79. The van der Waals surface area contributed by atoms with E-state index in [-0.39, 0.29) is 11.8 Å². The Morgan fingerprint density at radius 2 is 2.09 bits per heavy atom. The van der Waals surface area contributed by atoms with Gasteiger partial charge < -0.3 is 10.6 Å². The largest absolute Gasteiger partial charge is 0.341 e. The minimum Gasteiger partial charge on any atom is -0.341 e. The van der Waals surface area contributed by atoms with Crippen LogP contribution in [0.25, 0.3) is 0 Å². The molecule has 1 fully saturated rings. The van der Waals surface area contributed by atoms with E-state index >= 15 is 0 Å². The number of nitrogens with one attached hydrogen (secondary N) is 1. The minimum absolute atomic E-state index is 0.102. The van der Waals surface area contributed by atoms with Crippen LogP contribution in [0.4, 0.5) is 0 Å². The van der Waals surface area contributed by atoms with E-state index < -0.39 is 16.1 Å². The molecule has 1 aliphatic rings. The van der Waals surface area contributed by atoms with E-state index in [0.29, 0.717) is 19.6 Å². The van der Waals surface area contributed by atoms with Crippen LogP contribution in [0.3, 0.4) is 0 Å². The lowest BCUT2D eigenvalue weighted by Gasteiger charge is -2.34. The second-order valence-electron chi connectivity index (χ2n) is 5.80. The smallest absolute Gasteiger partial charge is 0.244 e. The molecule has 0 aromatic heterocycles. The van der Waals surface area contributed by atoms with Crippen molar-refractivity contribution in [1.29, 1.82) is 0 Å². The molecular weight excluding hydrogens is 302 g/mol. The van der Waals surface area contributed by atoms with E-state index in [1.54, 1.807) is 4.90 Å². The number of piperidine rings is 1. The fraction of sp³-hybridized carbons (Fsp3) is 0.533. The number of amides is 1. The Morgan fingerprint density at radius 3 is 2.73 bits per heavy atom. The first-order valence-corrected chi connectivity index (χ1v) is 9.30. The molecule has 2 unspecified atom stereocenters. The standard InChI is InChI=1S/C15H23N3O3S/c1-22(20,21)17-10-12-6-5-9-18(11-12)15(19)14(16)13-7-3-2-4-8-13/h2-4,7-8,12,14,17H,5-6,9-11,16H2,1H3. The molecule has 1 saturated heterocycles. The molecule has 0 spiro atoms. The first kappa shape index (κ1) is 16.9. The van der Waals surface area contributed by atoms with Gasteiger partial charge >= 0.3 is 0 Å². The maximum atomic E-state index is 12.5. The number of sulfonamides is 1. The van der Waals surface area contributed by atoms with Crippen molar-refractivity contribution in [2.75, 3.05) is 25.9 Å². The molecule has 0 bridgehead atoms. The predicted octanol–water partition coefficient (Wildman–Crippen LogP) is 0.474. The van der Waals surface area contributed by atoms with E-state index in [9.17, 15) is 13.2 Å². The molecule has 0 aliphatic carbocycles. The zero-order valence-corrected chi connectivity index (χ0v) is 13.6. The van der Waals surface area contributed by atoms with Crippen molar-refractivity contribution < 1.29 is 13.2 Å².